The molecule has 0 saturated carbocycles. The van der Waals surface area contributed by atoms with E-state index in [9.17, 15) is 4.39 Å². The minimum Gasteiger partial charge on any atom is -0.357 e. The Labute approximate surface area is 159 Å². The van der Waals surface area contributed by atoms with Crippen LogP contribution in [0.5, 0.6) is 0 Å². The van der Waals surface area contributed by atoms with Crippen LogP contribution in [0.25, 0.3) is 0 Å². The summed E-state index contributed by atoms with van der Waals surface area (Å²) in [7, 11) is 0. The van der Waals surface area contributed by atoms with Crippen molar-refractivity contribution in [3.63, 3.8) is 0 Å². The highest BCUT2D eigenvalue weighted by atomic mass is 127. The summed E-state index contributed by atoms with van der Waals surface area (Å²) < 4.78 is 14.1. The molecule has 0 aliphatic rings. The standard InChI is InChI=1S/C15H17BrFN3S.HI/c1-2-18-15(20-10-13-4-3-7-21-13)19-9-11-8-12(17)5-6-14(11)16;/h3-8H,2,9-10H2,1H3,(H2,18,19,20);1H. The molecule has 0 saturated heterocycles. The average Bonchev–Trinajstić information content (AvgIpc) is 2.98. The summed E-state index contributed by atoms with van der Waals surface area (Å²) in [6, 6.07) is 8.72. The monoisotopic (exact) mass is 497 g/mol. The van der Waals surface area contributed by atoms with Gasteiger partial charge in [-0.25, -0.2) is 9.38 Å². The van der Waals surface area contributed by atoms with Crippen molar-refractivity contribution in [2.45, 2.75) is 20.0 Å². The lowest BCUT2D eigenvalue weighted by Gasteiger charge is -2.11. The third-order valence-corrected chi connectivity index (χ3v) is 4.42. The molecule has 0 unspecified atom stereocenters. The van der Waals surface area contributed by atoms with E-state index in [1.54, 1.807) is 17.4 Å². The Bertz CT molecular complexity index is 605. The van der Waals surface area contributed by atoms with Gasteiger partial charge in [-0.15, -0.1) is 35.3 Å². The Balaban J connectivity index is 0.00000242. The van der Waals surface area contributed by atoms with E-state index in [4.69, 9.17) is 0 Å². The van der Waals surface area contributed by atoms with Crippen LogP contribution in [-0.4, -0.2) is 12.5 Å². The minimum atomic E-state index is -0.250. The number of aliphatic imine (C=N–C) groups is 1. The van der Waals surface area contributed by atoms with Crippen LogP contribution in [0, 0.1) is 5.82 Å². The van der Waals surface area contributed by atoms with Crippen LogP contribution < -0.4 is 10.6 Å². The van der Waals surface area contributed by atoms with Gasteiger partial charge in [0.1, 0.15) is 5.82 Å². The maximum absolute atomic E-state index is 13.3. The fourth-order valence-corrected chi connectivity index (χ4v) is 2.77. The maximum Gasteiger partial charge on any atom is 0.191 e. The molecule has 0 amide bonds. The molecule has 2 N–H and O–H groups in total. The number of thiophene rings is 1. The second kappa shape index (κ2) is 10.2. The Kier molecular flexibility index (Phi) is 8.96. The number of hydrogen-bond acceptors (Lipinski definition) is 2. The first-order chi connectivity index (χ1) is 10.2. The van der Waals surface area contributed by atoms with Crippen LogP contribution in [0.1, 0.15) is 17.4 Å². The van der Waals surface area contributed by atoms with Crippen molar-refractivity contribution in [1.29, 1.82) is 0 Å². The molecule has 1 aromatic carbocycles. The van der Waals surface area contributed by atoms with Gasteiger partial charge in [0.25, 0.3) is 0 Å². The van der Waals surface area contributed by atoms with Gasteiger partial charge in [0.05, 0.1) is 13.1 Å². The largest absolute Gasteiger partial charge is 0.357 e. The van der Waals surface area contributed by atoms with Crippen LogP contribution in [0.4, 0.5) is 4.39 Å². The van der Waals surface area contributed by atoms with Gasteiger partial charge < -0.3 is 10.6 Å². The number of benzene rings is 1. The predicted molar refractivity (Wildman–Crippen MR) is 105 cm³/mol. The number of rotatable bonds is 5. The third kappa shape index (κ3) is 6.21. The predicted octanol–water partition coefficient (Wildman–Crippen LogP) is 4.52. The number of nitrogens with zero attached hydrogens (tertiary/aromatic N) is 1. The second-order valence-electron chi connectivity index (χ2n) is 4.36. The van der Waals surface area contributed by atoms with Crippen molar-refractivity contribution in [1.82, 2.24) is 10.6 Å². The number of guanidine groups is 1. The highest BCUT2D eigenvalue weighted by molar-refractivity contribution is 14.0. The van der Waals surface area contributed by atoms with Crippen molar-refractivity contribution in [3.8, 4) is 0 Å². The Morgan fingerprint density at radius 1 is 1.32 bits per heavy atom. The number of hydrogen-bond donors (Lipinski definition) is 2. The van der Waals surface area contributed by atoms with Gasteiger partial charge in [-0.2, -0.15) is 0 Å². The Morgan fingerprint density at radius 2 is 2.14 bits per heavy atom. The molecule has 0 aliphatic heterocycles. The van der Waals surface area contributed by atoms with E-state index >= 15 is 0 Å². The molecular weight excluding hydrogens is 480 g/mol. The quantitative estimate of drug-likeness (QED) is 0.362. The maximum atomic E-state index is 13.3. The molecule has 3 nitrogen and oxygen atoms in total. The van der Waals surface area contributed by atoms with Gasteiger partial charge >= 0.3 is 0 Å². The topological polar surface area (TPSA) is 36.4 Å². The van der Waals surface area contributed by atoms with Crippen LogP contribution in [-0.2, 0) is 13.1 Å². The first kappa shape index (κ1) is 19.4. The van der Waals surface area contributed by atoms with Crippen molar-refractivity contribution >= 4 is 57.2 Å². The highest BCUT2D eigenvalue weighted by Gasteiger charge is 2.03. The van der Waals surface area contributed by atoms with E-state index in [1.165, 1.54) is 17.0 Å². The number of halogens is 3. The zero-order valence-electron chi connectivity index (χ0n) is 12.1. The van der Waals surface area contributed by atoms with Crippen LogP contribution in [0.2, 0.25) is 0 Å². The van der Waals surface area contributed by atoms with Crippen molar-refractivity contribution in [3.05, 3.63) is 56.4 Å². The fourth-order valence-electron chi connectivity index (χ4n) is 1.75. The van der Waals surface area contributed by atoms with Crippen molar-refractivity contribution < 1.29 is 4.39 Å². The van der Waals surface area contributed by atoms with Crippen LogP contribution in [0.3, 0.4) is 0 Å². The summed E-state index contributed by atoms with van der Waals surface area (Å²) >= 11 is 5.11. The zero-order chi connectivity index (χ0) is 15.1. The molecule has 0 aliphatic carbocycles. The molecule has 0 spiro atoms. The van der Waals surface area contributed by atoms with E-state index < -0.39 is 0 Å². The van der Waals surface area contributed by atoms with Gasteiger partial charge in [0.15, 0.2) is 5.96 Å². The summed E-state index contributed by atoms with van der Waals surface area (Å²) in [6.07, 6.45) is 0. The highest BCUT2D eigenvalue weighted by Crippen LogP contribution is 2.18. The summed E-state index contributed by atoms with van der Waals surface area (Å²) in [4.78, 5) is 5.73. The molecule has 0 bridgehead atoms. The smallest absolute Gasteiger partial charge is 0.191 e. The Morgan fingerprint density at radius 3 is 2.82 bits per heavy atom. The molecule has 22 heavy (non-hydrogen) atoms. The first-order valence-corrected chi connectivity index (χ1v) is 8.34. The van der Waals surface area contributed by atoms with E-state index in [2.05, 4.69) is 37.6 Å². The lowest BCUT2D eigenvalue weighted by molar-refractivity contribution is 0.625. The summed E-state index contributed by atoms with van der Waals surface area (Å²) in [6.45, 7) is 3.94. The van der Waals surface area contributed by atoms with Gasteiger partial charge in [-0.05, 0) is 42.1 Å². The van der Waals surface area contributed by atoms with Gasteiger partial charge in [0, 0.05) is 15.9 Å². The minimum absolute atomic E-state index is 0. The SMILES string of the molecule is CCNC(=NCc1cc(F)ccc1Br)NCc1cccs1.I. The van der Waals surface area contributed by atoms with Crippen molar-refractivity contribution in [2.75, 3.05) is 6.54 Å². The average molecular weight is 498 g/mol. The molecule has 2 rings (SSSR count). The van der Waals surface area contributed by atoms with Gasteiger partial charge in [-0.1, -0.05) is 22.0 Å². The van der Waals surface area contributed by atoms with E-state index in [0.29, 0.717) is 6.54 Å². The van der Waals surface area contributed by atoms with Crippen LogP contribution in [0.15, 0.2) is 45.2 Å². The molecule has 0 atom stereocenters. The molecule has 0 radical (unpaired) electrons. The number of nitrogens with one attached hydrogen (secondary N) is 2. The van der Waals surface area contributed by atoms with E-state index in [1.807, 2.05) is 18.4 Å². The zero-order valence-corrected chi connectivity index (χ0v) is 16.8. The van der Waals surface area contributed by atoms with Gasteiger partial charge in [0.2, 0.25) is 0 Å². The van der Waals surface area contributed by atoms with Crippen LogP contribution >= 0.6 is 51.2 Å². The lowest BCUT2D eigenvalue weighted by atomic mass is 10.2. The lowest BCUT2D eigenvalue weighted by Crippen LogP contribution is -2.36. The third-order valence-electron chi connectivity index (χ3n) is 2.77. The molecular formula is C15H18BrFIN3S. The van der Waals surface area contributed by atoms with E-state index in [0.717, 1.165) is 29.1 Å². The fraction of sp³-hybridized carbons (Fsp3) is 0.267. The molecule has 120 valence electrons. The molecule has 0 fully saturated rings. The molecule has 2 aromatic rings. The molecule has 1 aromatic heterocycles. The molecule has 1 heterocycles. The molecule has 7 heteroatoms. The normalized spacial score (nSPS) is 11.0. The summed E-state index contributed by atoms with van der Waals surface area (Å²) in [5, 5.41) is 8.50. The van der Waals surface area contributed by atoms with E-state index in [-0.39, 0.29) is 29.8 Å². The van der Waals surface area contributed by atoms with Gasteiger partial charge in [-0.3, -0.25) is 0 Å². The first-order valence-electron chi connectivity index (χ1n) is 6.67. The van der Waals surface area contributed by atoms with Crippen molar-refractivity contribution in [2.24, 2.45) is 4.99 Å². The second-order valence-corrected chi connectivity index (χ2v) is 6.25. The summed E-state index contributed by atoms with van der Waals surface area (Å²) in [5.74, 6) is 0.474. The Hall–Kier alpha value is -0.670. The summed E-state index contributed by atoms with van der Waals surface area (Å²) in [5.41, 5.74) is 0.823.